The summed E-state index contributed by atoms with van der Waals surface area (Å²) in [6.07, 6.45) is 0.625. The SMILES string of the molecule is O=C1CCNN1.Oc1ccccc1O. The summed E-state index contributed by atoms with van der Waals surface area (Å²) in [7, 11) is 0. The molecule has 0 aliphatic carbocycles. The zero-order chi connectivity index (χ0) is 10.4. The zero-order valence-electron chi connectivity index (χ0n) is 7.53. The van der Waals surface area contributed by atoms with E-state index in [1.54, 1.807) is 12.1 Å². The first kappa shape index (κ1) is 10.3. The maximum atomic E-state index is 10.1. The van der Waals surface area contributed by atoms with Crippen molar-refractivity contribution >= 4 is 5.91 Å². The van der Waals surface area contributed by atoms with Crippen LogP contribution in [0.3, 0.4) is 0 Å². The Morgan fingerprint density at radius 3 is 1.93 bits per heavy atom. The molecule has 5 nitrogen and oxygen atoms in total. The maximum Gasteiger partial charge on any atom is 0.235 e. The van der Waals surface area contributed by atoms with Gasteiger partial charge in [0.15, 0.2) is 11.5 Å². The molecule has 76 valence electrons. The van der Waals surface area contributed by atoms with Crippen molar-refractivity contribution in [2.75, 3.05) is 6.54 Å². The molecule has 0 unspecified atom stereocenters. The van der Waals surface area contributed by atoms with Crippen molar-refractivity contribution in [2.24, 2.45) is 0 Å². The molecule has 5 heteroatoms. The van der Waals surface area contributed by atoms with E-state index >= 15 is 0 Å². The lowest BCUT2D eigenvalue weighted by Gasteiger charge is -1.91. The van der Waals surface area contributed by atoms with Crippen LogP contribution in [-0.4, -0.2) is 22.7 Å². The number of phenolic OH excluding ortho intramolecular Hbond substituents is 2. The summed E-state index contributed by atoms with van der Waals surface area (Å²) in [4.78, 5) is 10.1. The monoisotopic (exact) mass is 196 g/mol. The summed E-state index contributed by atoms with van der Waals surface area (Å²) in [6, 6.07) is 6.15. The van der Waals surface area contributed by atoms with Crippen molar-refractivity contribution in [2.45, 2.75) is 6.42 Å². The van der Waals surface area contributed by atoms with Crippen molar-refractivity contribution in [3.8, 4) is 11.5 Å². The Balaban J connectivity index is 0.000000146. The molecule has 0 saturated carbocycles. The molecule has 1 aromatic rings. The van der Waals surface area contributed by atoms with Crippen LogP contribution in [0.4, 0.5) is 0 Å². The number of hydrogen-bond acceptors (Lipinski definition) is 4. The van der Waals surface area contributed by atoms with Gasteiger partial charge >= 0.3 is 0 Å². The Bertz CT molecular complexity index is 286. The summed E-state index contributed by atoms with van der Waals surface area (Å²) >= 11 is 0. The largest absolute Gasteiger partial charge is 0.504 e. The number of carbonyl (C=O) groups excluding carboxylic acids is 1. The Morgan fingerprint density at radius 2 is 1.71 bits per heavy atom. The fourth-order valence-corrected chi connectivity index (χ4v) is 0.864. The Hall–Kier alpha value is -1.75. The number of carbonyl (C=O) groups is 1. The van der Waals surface area contributed by atoms with E-state index in [2.05, 4.69) is 10.9 Å². The minimum atomic E-state index is -0.0764. The van der Waals surface area contributed by atoms with E-state index in [9.17, 15) is 4.79 Å². The van der Waals surface area contributed by atoms with Gasteiger partial charge in [-0.1, -0.05) is 12.1 Å². The average Bonchev–Trinajstić information content (AvgIpc) is 2.63. The van der Waals surface area contributed by atoms with Gasteiger partial charge in [-0.3, -0.25) is 10.2 Å². The van der Waals surface area contributed by atoms with Gasteiger partial charge in [0.05, 0.1) is 0 Å². The van der Waals surface area contributed by atoms with Crippen LogP contribution < -0.4 is 10.9 Å². The van der Waals surface area contributed by atoms with E-state index in [-0.39, 0.29) is 17.4 Å². The standard InChI is InChI=1S/C6H6O2.C3H6N2O/c7-5-3-1-2-4-6(5)8;6-3-1-2-4-5-3/h1-4,7-8H;4H,1-2H2,(H,5,6). The van der Waals surface area contributed by atoms with E-state index in [0.717, 1.165) is 6.54 Å². The molecule has 14 heavy (non-hydrogen) atoms. The molecule has 0 bridgehead atoms. The van der Waals surface area contributed by atoms with Crippen LogP contribution in [0.25, 0.3) is 0 Å². The van der Waals surface area contributed by atoms with Gasteiger partial charge in [-0.25, -0.2) is 5.43 Å². The predicted molar refractivity (Wildman–Crippen MR) is 50.5 cm³/mol. The summed E-state index contributed by atoms with van der Waals surface area (Å²) < 4.78 is 0. The number of phenols is 2. The predicted octanol–water partition coefficient (Wildman–Crippen LogP) is 0.109. The molecular formula is C9H12N2O3. The molecule has 1 saturated heterocycles. The lowest BCUT2D eigenvalue weighted by molar-refractivity contribution is -0.119. The van der Waals surface area contributed by atoms with E-state index in [4.69, 9.17) is 10.2 Å². The molecule has 0 aromatic heterocycles. The van der Waals surface area contributed by atoms with Gasteiger partial charge in [0.25, 0.3) is 0 Å². The lowest BCUT2D eigenvalue weighted by atomic mass is 10.3. The van der Waals surface area contributed by atoms with Crippen LogP contribution in [-0.2, 0) is 4.79 Å². The van der Waals surface area contributed by atoms with E-state index in [0.29, 0.717) is 6.42 Å². The quantitative estimate of drug-likeness (QED) is 0.444. The highest BCUT2D eigenvalue weighted by Gasteiger charge is 2.04. The molecule has 1 aliphatic rings. The second-order valence-corrected chi connectivity index (χ2v) is 2.71. The molecule has 1 amide bonds. The summed E-state index contributed by atoms with van der Waals surface area (Å²) in [5.41, 5.74) is 5.10. The van der Waals surface area contributed by atoms with Crippen molar-refractivity contribution in [3.63, 3.8) is 0 Å². The molecule has 1 heterocycles. The van der Waals surface area contributed by atoms with E-state index < -0.39 is 0 Å². The van der Waals surface area contributed by atoms with Gasteiger partial charge in [0.2, 0.25) is 5.91 Å². The van der Waals surface area contributed by atoms with Gasteiger partial charge < -0.3 is 10.2 Å². The Morgan fingerprint density at radius 1 is 1.14 bits per heavy atom. The van der Waals surface area contributed by atoms with Crippen molar-refractivity contribution in [1.29, 1.82) is 0 Å². The summed E-state index contributed by atoms with van der Waals surface area (Å²) in [5.74, 6) is -0.0602. The Labute approximate surface area is 81.3 Å². The minimum Gasteiger partial charge on any atom is -0.504 e. The van der Waals surface area contributed by atoms with Crippen molar-refractivity contribution in [3.05, 3.63) is 24.3 Å². The smallest absolute Gasteiger partial charge is 0.235 e. The number of nitrogens with one attached hydrogen (secondary N) is 2. The van der Waals surface area contributed by atoms with Gasteiger partial charge in [-0.15, -0.1) is 0 Å². The van der Waals surface area contributed by atoms with Crippen LogP contribution in [0.15, 0.2) is 24.3 Å². The zero-order valence-corrected chi connectivity index (χ0v) is 7.53. The first-order valence-corrected chi connectivity index (χ1v) is 4.19. The second kappa shape index (κ2) is 5.08. The third-order valence-electron chi connectivity index (χ3n) is 1.59. The number of amides is 1. The molecule has 0 atom stereocenters. The Kier molecular flexibility index (Phi) is 3.75. The van der Waals surface area contributed by atoms with E-state index in [1.807, 2.05) is 0 Å². The first-order valence-electron chi connectivity index (χ1n) is 4.19. The maximum absolute atomic E-state index is 10.1. The number of benzene rings is 1. The molecule has 0 spiro atoms. The highest BCUT2D eigenvalue weighted by atomic mass is 16.3. The van der Waals surface area contributed by atoms with Crippen LogP contribution in [0.2, 0.25) is 0 Å². The fourth-order valence-electron chi connectivity index (χ4n) is 0.864. The number of aromatic hydroxyl groups is 2. The van der Waals surface area contributed by atoms with E-state index in [1.165, 1.54) is 12.1 Å². The van der Waals surface area contributed by atoms with Crippen LogP contribution in [0.1, 0.15) is 6.42 Å². The van der Waals surface area contributed by atoms with Gasteiger partial charge in [0.1, 0.15) is 0 Å². The number of para-hydroxylation sites is 2. The minimum absolute atomic E-state index is 0.0764. The number of hydrogen-bond donors (Lipinski definition) is 4. The third kappa shape index (κ3) is 3.32. The molecule has 1 aromatic carbocycles. The highest BCUT2D eigenvalue weighted by Crippen LogP contribution is 2.21. The molecular weight excluding hydrogens is 184 g/mol. The van der Waals surface area contributed by atoms with Gasteiger partial charge in [0, 0.05) is 13.0 Å². The number of rotatable bonds is 0. The molecule has 0 radical (unpaired) electrons. The summed E-state index contributed by atoms with van der Waals surface area (Å²) in [6.45, 7) is 0.777. The normalized spacial score (nSPS) is 14.1. The molecule has 4 N–H and O–H groups in total. The van der Waals surface area contributed by atoms with Crippen molar-refractivity contribution < 1.29 is 15.0 Å². The first-order chi connectivity index (χ1) is 6.70. The van der Waals surface area contributed by atoms with Gasteiger partial charge in [-0.05, 0) is 12.1 Å². The second-order valence-electron chi connectivity index (χ2n) is 2.71. The topological polar surface area (TPSA) is 81.6 Å². The highest BCUT2D eigenvalue weighted by molar-refractivity contribution is 5.77. The van der Waals surface area contributed by atoms with Crippen LogP contribution in [0, 0.1) is 0 Å². The fraction of sp³-hybridized carbons (Fsp3) is 0.222. The van der Waals surface area contributed by atoms with Crippen molar-refractivity contribution in [1.82, 2.24) is 10.9 Å². The average molecular weight is 196 g/mol. The molecule has 1 aliphatic heterocycles. The molecule has 1 fully saturated rings. The van der Waals surface area contributed by atoms with Gasteiger partial charge in [-0.2, -0.15) is 0 Å². The van der Waals surface area contributed by atoms with Crippen LogP contribution >= 0.6 is 0 Å². The lowest BCUT2D eigenvalue weighted by Crippen LogP contribution is -2.25. The van der Waals surface area contributed by atoms with Crippen LogP contribution in [0.5, 0.6) is 11.5 Å². The number of hydrazine groups is 1. The molecule has 2 rings (SSSR count). The summed E-state index contributed by atoms with van der Waals surface area (Å²) in [5, 5.41) is 17.3. The third-order valence-corrected chi connectivity index (χ3v) is 1.59.